The third kappa shape index (κ3) is 5.12. The predicted molar refractivity (Wildman–Crippen MR) is 189 cm³/mol. The van der Waals surface area contributed by atoms with Crippen LogP contribution in [0.4, 0.5) is 30.1 Å². The third-order valence-corrected chi connectivity index (χ3v) is 12.4. The summed E-state index contributed by atoms with van der Waals surface area (Å²) in [4.78, 5) is 49.9. The van der Waals surface area contributed by atoms with Crippen molar-refractivity contribution in [3.8, 4) is 0 Å². The van der Waals surface area contributed by atoms with Gasteiger partial charge in [-0.2, -0.15) is 0 Å². The van der Waals surface area contributed by atoms with Crippen molar-refractivity contribution < 1.29 is 9.59 Å². The Morgan fingerprint density at radius 2 is 0.682 bits per heavy atom. The standard InChI is InChI=1S/C30H16N6O2S6/c37-29(35(25-31-17-9-1-5-13-21(17)39-25)26-32-18-10-2-6-14-22(18)40-26)43-44-30(38)36(27-33-19-11-3-7-15-23(19)41-27)28-34-20-12-4-8-16-24(20)42-28/h1-16H. The molecule has 0 bridgehead atoms. The van der Waals surface area contributed by atoms with Gasteiger partial charge in [0.2, 0.25) is 0 Å². The van der Waals surface area contributed by atoms with Crippen LogP contribution in [0, 0.1) is 0 Å². The molecule has 0 fully saturated rings. The van der Waals surface area contributed by atoms with Crippen molar-refractivity contribution in [2.45, 2.75) is 0 Å². The van der Waals surface area contributed by atoms with Crippen molar-refractivity contribution in [2.75, 3.05) is 9.80 Å². The summed E-state index contributed by atoms with van der Waals surface area (Å²) in [7, 11) is 1.67. The number of fused-ring (bicyclic) bond motifs is 4. The van der Waals surface area contributed by atoms with E-state index in [1.54, 1.807) is 0 Å². The molecular weight excluding hydrogens is 669 g/mol. The van der Waals surface area contributed by atoms with Gasteiger partial charge in [0.25, 0.3) is 0 Å². The SMILES string of the molecule is O=C(SSC(=O)N(c1nc2ccccc2s1)c1nc2ccccc2s1)N(c1nc2ccccc2s1)c1nc2ccccc2s1. The topological polar surface area (TPSA) is 92.2 Å². The first-order valence-corrected chi connectivity index (χ1v) is 18.5. The van der Waals surface area contributed by atoms with Gasteiger partial charge in [0.15, 0.2) is 20.5 Å². The molecule has 4 aromatic carbocycles. The molecular formula is C30H16N6O2S6. The van der Waals surface area contributed by atoms with E-state index in [9.17, 15) is 9.59 Å². The molecule has 8 aromatic rings. The highest BCUT2D eigenvalue weighted by atomic mass is 33.1. The van der Waals surface area contributed by atoms with Gasteiger partial charge in [0.1, 0.15) is 0 Å². The quantitative estimate of drug-likeness (QED) is 0.169. The lowest BCUT2D eigenvalue weighted by molar-refractivity contribution is 0.266. The number of aromatic nitrogens is 4. The average Bonchev–Trinajstić information content (AvgIpc) is 3.84. The summed E-state index contributed by atoms with van der Waals surface area (Å²) < 4.78 is 3.81. The molecule has 214 valence electrons. The number of rotatable bonds is 4. The lowest BCUT2D eigenvalue weighted by Crippen LogP contribution is -2.23. The number of carbonyl (C=O) groups is 2. The molecule has 0 unspecified atom stereocenters. The number of benzene rings is 4. The second-order valence-corrected chi connectivity index (χ2v) is 15.3. The van der Waals surface area contributed by atoms with Crippen LogP contribution in [-0.2, 0) is 0 Å². The van der Waals surface area contributed by atoms with Crippen LogP contribution in [0.15, 0.2) is 97.1 Å². The van der Waals surface area contributed by atoms with Gasteiger partial charge in [-0.15, -0.1) is 0 Å². The van der Waals surface area contributed by atoms with Crippen molar-refractivity contribution in [1.82, 2.24) is 19.9 Å². The number of hydrogen-bond acceptors (Lipinski definition) is 12. The average molecular weight is 685 g/mol. The summed E-state index contributed by atoms with van der Waals surface area (Å²) in [5.74, 6) is 0. The minimum atomic E-state index is -0.380. The van der Waals surface area contributed by atoms with Crippen LogP contribution in [0.25, 0.3) is 40.9 Å². The Hall–Kier alpha value is -3.92. The molecule has 0 aliphatic rings. The molecule has 8 nitrogen and oxygen atoms in total. The van der Waals surface area contributed by atoms with E-state index in [0.29, 0.717) is 20.5 Å². The molecule has 0 aliphatic heterocycles. The molecule has 0 saturated carbocycles. The minimum absolute atomic E-state index is 0.380. The van der Waals surface area contributed by atoms with E-state index in [0.717, 1.165) is 62.5 Å². The van der Waals surface area contributed by atoms with Gasteiger partial charge in [-0.25, -0.2) is 29.7 Å². The van der Waals surface area contributed by atoms with E-state index in [-0.39, 0.29) is 10.5 Å². The summed E-state index contributed by atoms with van der Waals surface area (Å²) in [6.45, 7) is 0. The molecule has 0 spiro atoms. The molecule has 14 heteroatoms. The summed E-state index contributed by atoms with van der Waals surface area (Å²) in [6, 6.07) is 30.9. The van der Waals surface area contributed by atoms with Gasteiger partial charge >= 0.3 is 10.5 Å². The predicted octanol–water partition coefficient (Wildman–Crippen LogP) is 10.7. The van der Waals surface area contributed by atoms with Crippen LogP contribution >= 0.6 is 66.9 Å². The fourth-order valence-corrected chi connectivity index (χ4v) is 10.2. The monoisotopic (exact) mass is 684 g/mol. The number of para-hydroxylation sites is 4. The minimum Gasteiger partial charge on any atom is -0.260 e. The Balaban J connectivity index is 1.14. The Morgan fingerprint density at radius 1 is 0.432 bits per heavy atom. The number of thiazole rings is 4. The zero-order valence-electron chi connectivity index (χ0n) is 22.2. The molecule has 44 heavy (non-hydrogen) atoms. The van der Waals surface area contributed by atoms with E-state index < -0.39 is 0 Å². The fraction of sp³-hybridized carbons (Fsp3) is 0. The fourth-order valence-electron chi connectivity index (χ4n) is 4.44. The lowest BCUT2D eigenvalue weighted by atomic mass is 10.3. The Morgan fingerprint density at radius 3 is 0.932 bits per heavy atom. The molecule has 4 aromatic heterocycles. The van der Waals surface area contributed by atoms with Crippen molar-refractivity contribution in [2.24, 2.45) is 0 Å². The Kier molecular flexibility index (Phi) is 7.24. The van der Waals surface area contributed by atoms with Crippen molar-refractivity contribution in [1.29, 1.82) is 0 Å². The Labute approximate surface area is 273 Å². The first-order valence-electron chi connectivity index (χ1n) is 13.1. The van der Waals surface area contributed by atoms with Gasteiger partial charge in [0, 0.05) is 21.6 Å². The van der Waals surface area contributed by atoms with Crippen LogP contribution in [0.3, 0.4) is 0 Å². The maximum Gasteiger partial charge on any atom is 0.305 e. The molecule has 0 aliphatic carbocycles. The molecule has 0 N–H and O–H groups in total. The van der Waals surface area contributed by atoms with Gasteiger partial charge in [-0.3, -0.25) is 9.59 Å². The zero-order valence-corrected chi connectivity index (χ0v) is 27.1. The molecule has 0 saturated heterocycles. The van der Waals surface area contributed by atoms with E-state index in [1.165, 1.54) is 55.1 Å². The highest BCUT2D eigenvalue weighted by Crippen LogP contribution is 2.44. The summed E-state index contributed by atoms with van der Waals surface area (Å²) >= 11 is 5.61. The zero-order chi connectivity index (χ0) is 29.6. The van der Waals surface area contributed by atoms with Gasteiger partial charge < -0.3 is 0 Å². The molecule has 0 atom stereocenters. The first-order chi connectivity index (χ1) is 21.6. The van der Waals surface area contributed by atoms with Crippen LogP contribution in [0.1, 0.15) is 0 Å². The molecule has 8 rings (SSSR count). The van der Waals surface area contributed by atoms with Gasteiger partial charge in [0.05, 0.1) is 40.9 Å². The summed E-state index contributed by atoms with van der Waals surface area (Å²) in [5, 5.41) is 1.20. The van der Waals surface area contributed by atoms with Gasteiger partial charge in [-0.1, -0.05) is 93.9 Å². The first kappa shape index (κ1) is 27.6. The smallest absolute Gasteiger partial charge is 0.260 e. The maximum atomic E-state index is 14.0. The van der Waals surface area contributed by atoms with E-state index in [1.807, 2.05) is 97.1 Å². The van der Waals surface area contributed by atoms with Crippen molar-refractivity contribution >= 4 is 139 Å². The Bertz CT molecular complexity index is 1900. The van der Waals surface area contributed by atoms with Crippen LogP contribution in [0.2, 0.25) is 0 Å². The highest BCUT2D eigenvalue weighted by molar-refractivity contribution is 8.87. The van der Waals surface area contributed by atoms with Crippen molar-refractivity contribution in [3.63, 3.8) is 0 Å². The van der Waals surface area contributed by atoms with Gasteiger partial charge in [-0.05, 0) is 48.5 Å². The summed E-state index contributed by atoms with van der Waals surface area (Å²) in [5.41, 5.74) is 3.16. The highest BCUT2D eigenvalue weighted by Gasteiger charge is 2.30. The molecule has 2 amide bonds. The van der Waals surface area contributed by atoms with E-state index >= 15 is 0 Å². The lowest BCUT2D eigenvalue weighted by Gasteiger charge is -2.17. The number of anilines is 4. The number of hydrogen-bond donors (Lipinski definition) is 0. The number of nitrogens with zero attached hydrogens (tertiary/aromatic N) is 6. The van der Waals surface area contributed by atoms with Crippen molar-refractivity contribution in [3.05, 3.63) is 97.1 Å². The van der Waals surface area contributed by atoms with Crippen LogP contribution in [0.5, 0.6) is 0 Å². The largest absolute Gasteiger partial charge is 0.305 e. The van der Waals surface area contributed by atoms with E-state index in [2.05, 4.69) is 0 Å². The van der Waals surface area contributed by atoms with Crippen LogP contribution < -0.4 is 9.80 Å². The summed E-state index contributed by atoms with van der Waals surface area (Å²) in [6.07, 6.45) is 0. The number of amides is 2. The maximum absolute atomic E-state index is 14.0. The van der Waals surface area contributed by atoms with Crippen LogP contribution in [-0.4, -0.2) is 30.4 Å². The second kappa shape index (κ2) is 11.5. The molecule has 4 heterocycles. The second-order valence-electron chi connectivity index (χ2n) is 9.23. The third-order valence-electron chi connectivity index (χ3n) is 6.44. The normalized spacial score (nSPS) is 11.5. The number of carbonyl (C=O) groups excluding carboxylic acids is 2. The molecule has 0 radical (unpaired) electrons. The van der Waals surface area contributed by atoms with E-state index in [4.69, 9.17) is 19.9 Å².